The molecule has 2 heterocycles. The first-order chi connectivity index (χ1) is 32.5. The fraction of sp³-hybridized carbons (Fsp3) is 0.409. The van der Waals surface area contributed by atoms with Crippen molar-refractivity contribution in [2.45, 2.75) is 67.5 Å². The zero-order valence-corrected chi connectivity index (χ0v) is 41.1. The third-order valence-electron chi connectivity index (χ3n) is 10.7. The number of aliphatic hydroxyl groups excluding tert-OH is 4. The average Bonchev–Trinajstić information content (AvgIpc) is 3.79. The van der Waals surface area contributed by atoms with Crippen LogP contribution in [0.4, 0.5) is 22.7 Å². The number of hydrogen-bond donors (Lipinski definition) is 8. The number of carbonyl (C=O) groups excluding carboxylic acids is 2. The molecule has 1 aliphatic heterocycles. The number of aliphatic hydroxyl groups is 5. The van der Waals surface area contributed by atoms with Crippen LogP contribution in [0.1, 0.15) is 23.0 Å². The number of benzene rings is 4. The predicted octanol–water partition coefficient (Wildman–Crippen LogP) is -2.09. The third kappa shape index (κ3) is 14.8. The first kappa shape index (κ1) is 54.9. The summed E-state index contributed by atoms with van der Waals surface area (Å²) in [4.78, 5) is 27.8. The van der Waals surface area contributed by atoms with Gasteiger partial charge >= 0.3 is 29.6 Å². The Balaban J connectivity index is 0.00000888. The molecule has 2 amide bonds. The quantitative estimate of drug-likeness (QED) is 0.0114. The minimum atomic E-state index is -4.75. The Morgan fingerprint density at radius 1 is 0.899 bits per heavy atom. The van der Waals surface area contributed by atoms with Crippen LogP contribution < -0.4 is 50.4 Å². The van der Waals surface area contributed by atoms with Crippen molar-refractivity contribution in [2.24, 2.45) is 10.2 Å². The largest absolute Gasteiger partial charge is 1.00 e. The van der Waals surface area contributed by atoms with Crippen molar-refractivity contribution in [3.63, 3.8) is 0 Å². The number of fused-ring (bicyclic) bond motifs is 1. The van der Waals surface area contributed by atoms with E-state index in [0.717, 1.165) is 12.6 Å². The summed E-state index contributed by atoms with van der Waals surface area (Å²) in [6.45, 7) is 0.359. The Hall–Kier alpha value is -5.03. The van der Waals surface area contributed by atoms with E-state index < -0.39 is 65.2 Å². The first-order valence-corrected chi connectivity index (χ1v) is 22.7. The summed E-state index contributed by atoms with van der Waals surface area (Å²) in [6.07, 6.45) is -8.81. The van der Waals surface area contributed by atoms with Crippen LogP contribution in [0.25, 0.3) is 10.8 Å². The SMILES string of the molecule is CN(C)c1ccc(N=Nc2ccc(C(=O)NCc3cn(CCOCCOC(O[C@H]4O[C@H](CO)[C@H](O)[C@H](O)[C@H]4O)C(C)(O)C(=O)NCCNc4cccc5c(S(=O)(=O)[O-])cccc45)nn3)cc2)cc1.[Na+]. The monoisotopic (exact) mass is 987 g/mol. The van der Waals surface area contributed by atoms with Crippen molar-refractivity contribution < 1.29 is 96.6 Å². The molecular formula is C44H54N9NaO14S. The number of nitrogens with zero attached hydrogens (tertiary/aromatic N) is 6. The average molecular weight is 988 g/mol. The van der Waals surface area contributed by atoms with Crippen LogP contribution in [-0.4, -0.2) is 162 Å². The Morgan fingerprint density at radius 3 is 2.23 bits per heavy atom. The molecule has 6 rings (SSSR count). The molecule has 0 aliphatic carbocycles. The molecule has 1 aliphatic rings. The van der Waals surface area contributed by atoms with Gasteiger partial charge in [-0.3, -0.25) is 9.59 Å². The molecule has 0 spiro atoms. The number of anilines is 2. The maximum atomic E-state index is 13.4. The molecule has 7 atom stereocenters. The van der Waals surface area contributed by atoms with Crippen LogP contribution >= 0.6 is 0 Å². The Kier molecular flexibility index (Phi) is 20.0. The molecular weight excluding hydrogens is 934 g/mol. The van der Waals surface area contributed by atoms with Crippen LogP contribution in [0.3, 0.4) is 0 Å². The second-order valence-electron chi connectivity index (χ2n) is 15.9. The van der Waals surface area contributed by atoms with Gasteiger partial charge in [-0.2, -0.15) is 10.2 Å². The number of nitrogens with one attached hydrogen (secondary N) is 3. The van der Waals surface area contributed by atoms with E-state index >= 15 is 0 Å². The summed E-state index contributed by atoms with van der Waals surface area (Å²) >= 11 is 0. The van der Waals surface area contributed by atoms with Crippen molar-refractivity contribution in [1.82, 2.24) is 25.6 Å². The zero-order chi connectivity index (χ0) is 49.0. The summed E-state index contributed by atoms with van der Waals surface area (Å²) in [7, 11) is -0.850. The normalized spacial score (nSPS) is 19.6. The fourth-order valence-corrected chi connectivity index (χ4v) is 7.53. The molecule has 4 aromatic carbocycles. The Labute approximate surface area is 419 Å². The van der Waals surface area contributed by atoms with Gasteiger partial charge in [0.1, 0.15) is 40.2 Å². The second kappa shape index (κ2) is 25.2. The van der Waals surface area contributed by atoms with Crippen LogP contribution in [0, 0.1) is 0 Å². The second-order valence-corrected chi connectivity index (χ2v) is 17.3. The molecule has 366 valence electrons. The molecule has 69 heavy (non-hydrogen) atoms. The van der Waals surface area contributed by atoms with E-state index in [1.807, 2.05) is 43.3 Å². The maximum Gasteiger partial charge on any atom is 1.00 e. The fourth-order valence-electron chi connectivity index (χ4n) is 6.84. The summed E-state index contributed by atoms with van der Waals surface area (Å²) in [5.74, 6) is -1.33. The van der Waals surface area contributed by atoms with Crippen molar-refractivity contribution in [3.05, 3.63) is 102 Å². The molecule has 25 heteroatoms. The topological polar surface area (TPSA) is 324 Å². The number of aromatic nitrogens is 3. The summed E-state index contributed by atoms with van der Waals surface area (Å²) in [5.41, 5.74) is 1.19. The van der Waals surface area contributed by atoms with Gasteiger partial charge in [0.25, 0.3) is 11.8 Å². The van der Waals surface area contributed by atoms with Crippen LogP contribution in [-0.2, 0) is 46.9 Å². The predicted molar refractivity (Wildman–Crippen MR) is 242 cm³/mol. The van der Waals surface area contributed by atoms with Gasteiger partial charge in [-0.05, 0) is 67.6 Å². The summed E-state index contributed by atoms with van der Waals surface area (Å²) in [6, 6.07) is 23.2. The van der Waals surface area contributed by atoms with E-state index in [-0.39, 0.29) is 91.7 Å². The summed E-state index contributed by atoms with van der Waals surface area (Å²) in [5, 5.41) is 78.0. The Bertz CT molecular complexity index is 2600. The van der Waals surface area contributed by atoms with Gasteiger partial charge in [-0.25, -0.2) is 13.1 Å². The van der Waals surface area contributed by atoms with Gasteiger partial charge in [0.2, 0.25) is 0 Å². The minimum absolute atomic E-state index is 0. The van der Waals surface area contributed by atoms with Gasteiger partial charge < -0.3 is 69.9 Å². The van der Waals surface area contributed by atoms with Gasteiger partial charge in [0.15, 0.2) is 18.2 Å². The van der Waals surface area contributed by atoms with E-state index in [1.54, 1.807) is 48.7 Å². The van der Waals surface area contributed by atoms with Crippen LogP contribution in [0.15, 0.2) is 106 Å². The molecule has 2 unspecified atom stereocenters. The van der Waals surface area contributed by atoms with Gasteiger partial charge in [-0.1, -0.05) is 29.5 Å². The van der Waals surface area contributed by atoms with Crippen molar-refractivity contribution >= 4 is 55.5 Å². The van der Waals surface area contributed by atoms with Gasteiger partial charge in [0.05, 0.1) is 62.0 Å². The van der Waals surface area contributed by atoms with Gasteiger partial charge in [0, 0.05) is 54.9 Å². The number of azo groups is 1. The molecule has 0 bridgehead atoms. The first-order valence-electron chi connectivity index (χ1n) is 21.3. The number of rotatable bonds is 23. The molecule has 1 aromatic heterocycles. The Morgan fingerprint density at radius 2 is 1.57 bits per heavy atom. The third-order valence-corrected chi connectivity index (χ3v) is 11.6. The molecule has 0 radical (unpaired) electrons. The number of carbonyl (C=O) groups is 2. The van der Waals surface area contributed by atoms with Crippen molar-refractivity contribution in [1.29, 1.82) is 0 Å². The van der Waals surface area contributed by atoms with Crippen LogP contribution in [0.2, 0.25) is 0 Å². The van der Waals surface area contributed by atoms with Crippen LogP contribution in [0.5, 0.6) is 0 Å². The number of ether oxygens (including phenoxy) is 4. The molecule has 0 saturated carbocycles. The molecule has 1 saturated heterocycles. The van der Waals surface area contributed by atoms with Crippen molar-refractivity contribution in [3.8, 4) is 0 Å². The zero-order valence-electron chi connectivity index (χ0n) is 38.3. The molecule has 8 N–H and O–H groups in total. The molecule has 1 fully saturated rings. The summed E-state index contributed by atoms with van der Waals surface area (Å²) < 4.78 is 59.4. The van der Waals surface area contributed by atoms with E-state index in [2.05, 4.69) is 36.5 Å². The standard InChI is InChI=1S/C44H55N9O14S.Na/c1-44(60,42(59)46-19-18-45-34-8-4-7-33-32(34)6-5-9-36(33)68(61,62)63)43(67-41-39(57)38(56)37(55)35(26-54)66-41)65-23-22-64-21-20-53-25-30(50-51-53)24-47-40(58)27-10-12-28(13-11-27)48-49-29-14-16-31(17-15-29)52(2)3;/h4-17,25,35,37-39,41,43,45,54-57,60H,18-24,26H2,1-3H3,(H,46,59)(H,47,58)(H,61,62,63);/q;+1/p-1/t35-,37+,38+,39-,41-,43?,44?;/m1./s1. The van der Waals surface area contributed by atoms with E-state index in [9.17, 15) is 48.1 Å². The maximum absolute atomic E-state index is 13.4. The number of hydrogen-bond acceptors (Lipinski definition) is 20. The molecule has 23 nitrogen and oxygen atoms in total. The van der Waals surface area contributed by atoms with E-state index in [1.165, 1.54) is 22.9 Å². The molecule has 5 aromatic rings. The van der Waals surface area contributed by atoms with Gasteiger partial charge in [-0.15, -0.1) is 5.10 Å². The minimum Gasteiger partial charge on any atom is -0.744 e. The van der Waals surface area contributed by atoms with E-state index in [4.69, 9.17) is 18.9 Å². The van der Waals surface area contributed by atoms with E-state index in [0.29, 0.717) is 33.7 Å². The van der Waals surface area contributed by atoms with Crippen molar-refractivity contribution in [2.75, 3.05) is 63.8 Å². The number of amides is 2. The smallest absolute Gasteiger partial charge is 0.744 e.